The Morgan fingerprint density at radius 1 is 0.900 bits per heavy atom. The highest BCUT2D eigenvalue weighted by molar-refractivity contribution is 7.89. The molecule has 0 unspecified atom stereocenters. The molecule has 1 saturated carbocycles. The second kappa shape index (κ2) is 11.5. The number of ether oxygens (including phenoxy) is 1. The molecule has 2 heterocycles. The fourth-order valence-electron chi connectivity index (χ4n) is 5.88. The summed E-state index contributed by atoms with van der Waals surface area (Å²) in [4.78, 5) is 0.575. The zero-order chi connectivity index (χ0) is 29.5. The molecule has 224 valence electrons. The Balaban J connectivity index is 1.87. The molecule has 40 heavy (non-hydrogen) atoms. The summed E-state index contributed by atoms with van der Waals surface area (Å²) in [6.45, 7) is 15.6. The monoisotopic (exact) mass is 593 g/mol. The number of nitrogens with zero attached hydrogens (tertiary/aromatic N) is 2. The number of aromatic nitrogens is 1. The van der Waals surface area contributed by atoms with Gasteiger partial charge in [0.25, 0.3) is 0 Å². The Morgan fingerprint density at radius 2 is 1.52 bits per heavy atom. The van der Waals surface area contributed by atoms with Crippen molar-refractivity contribution in [3.05, 3.63) is 35.5 Å². The van der Waals surface area contributed by atoms with Gasteiger partial charge in [0.05, 0.1) is 18.1 Å². The van der Waals surface area contributed by atoms with Gasteiger partial charge in [-0.1, -0.05) is 46.1 Å². The number of hydrogen-bond acceptors (Lipinski definition) is 5. The molecule has 1 aromatic carbocycles. The van der Waals surface area contributed by atoms with E-state index in [-0.39, 0.29) is 4.90 Å². The van der Waals surface area contributed by atoms with E-state index < -0.39 is 31.0 Å². The van der Waals surface area contributed by atoms with Crippen molar-refractivity contribution in [2.45, 2.75) is 108 Å². The van der Waals surface area contributed by atoms with E-state index in [0.29, 0.717) is 42.7 Å². The van der Waals surface area contributed by atoms with E-state index in [9.17, 15) is 16.8 Å². The van der Waals surface area contributed by atoms with Crippen LogP contribution in [-0.4, -0.2) is 57.6 Å². The van der Waals surface area contributed by atoms with E-state index in [1.807, 2.05) is 60.6 Å². The van der Waals surface area contributed by atoms with E-state index in [2.05, 4.69) is 9.29 Å². The topological polar surface area (TPSA) is 97.7 Å². The van der Waals surface area contributed by atoms with Gasteiger partial charge in [-0.2, -0.15) is 4.31 Å². The maximum Gasteiger partial charge on any atom is 0.245 e. The molecule has 1 aliphatic heterocycles. The van der Waals surface area contributed by atoms with Crippen LogP contribution < -0.4 is 4.72 Å². The van der Waals surface area contributed by atoms with E-state index in [4.69, 9.17) is 4.74 Å². The minimum Gasteiger partial charge on any atom is -0.379 e. The number of nitrogens with one attached hydrogen (secondary N) is 1. The third-order valence-electron chi connectivity index (χ3n) is 7.89. The van der Waals surface area contributed by atoms with Crippen LogP contribution in [0.3, 0.4) is 0 Å². The van der Waals surface area contributed by atoms with Crippen molar-refractivity contribution < 1.29 is 21.6 Å². The number of rotatable bonds is 7. The molecular weight excluding hydrogens is 546 g/mol. The molecule has 1 saturated heterocycles. The summed E-state index contributed by atoms with van der Waals surface area (Å²) >= 11 is 0. The van der Waals surface area contributed by atoms with E-state index in [1.54, 1.807) is 12.1 Å². The summed E-state index contributed by atoms with van der Waals surface area (Å²) in [6.07, 6.45) is 5.90. The van der Waals surface area contributed by atoms with Gasteiger partial charge in [0.2, 0.25) is 20.0 Å². The molecular formula is C30H47N3O5S2. The smallest absolute Gasteiger partial charge is 0.245 e. The van der Waals surface area contributed by atoms with Crippen LogP contribution in [0.2, 0.25) is 0 Å². The molecule has 8 nitrogen and oxygen atoms in total. The van der Waals surface area contributed by atoms with Gasteiger partial charge in [0.15, 0.2) is 0 Å². The Bertz CT molecular complexity index is 1420. The number of hydrogen-bond donors (Lipinski definition) is 1. The minimum atomic E-state index is -3.78. The summed E-state index contributed by atoms with van der Waals surface area (Å²) in [5.41, 5.74) is 1.98. The van der Waals surface area contributed by atoms with Crippen molar-refractivity contribution >= 4 is 20.0 Å². The Morgan fingerprint density at radius 3 is 2.10 bits per heavy atom. The van der Waals surface area contributed by atoms with Crippen LogP contribution in [0.4, 0.5) is 0 Å². The Labute approximate surface area is 241 Å². The second-order valence-electron chi connectivity index (χ2n) is 13.4. The van der Waals surface area contributed by atoms with Crippen LogP contribution in [0.25, 0.3) is 11.3 Å². The molecule has 0 spiro atoms. The second-order valence-corrected chi connectivity index (χ2v) is 17.0. The number of morpholine rings is 1. The van der Waals surface area contributed by atoms with Crippen LogP contribution in [-0.2, 0) is 36.7 Å². The van der Waals surface area contributed by atoms with Crippen molar-refractivity contribution in [1.29, 1.82) is 0 Å². The molecule has 1 N–H and O–H groups in total. The predicted molar refractivity (Wildman–Crippen MR) is 160 cm³/mol. The maximum atomic E-state index is 13.8. The normalized spacial score (nSPS) is 18.8. The van der Waals surface area contributed by atoms with Gasteiger partial charge in [-0.25, -0.2) is 21.6 Å². The highest BCUT2D eigenvalue weighted by Gasteiger charge is 2.33. The van der Waals surface area contributed by atoms with Crippen molar-refractivity contribution in [3.63, 3.8) is 0 Å². The first-order chi connectivity index (χ1) is 18.5. The third-order valence-corrected chi connectivity index (χ3v) is 11.7. The molecule has 1 aromatic heterocycles. The fourth-order valence-corrected chi connectivity index (χ4v) is 9.35. The lowest BCUT2D eigenvalue weighted by atomic mass is 9.85. The van der Waals surface area contributed by atoms with Gasteiger partial charge in [-0.15, -0.1) is 0 Å². The molecule has 1 aliphatic carbocycles. The first-order valence-electron chi connectivity index (χ1n) is 14.5. The van der Waals surface area contributed by atoms with Crippen LogP contribution in [0.5, 0.6) is 0 Å². The SMILES string of the molecule is Cc1c(S(=O)(=O)N2CCOCC2)cc(-c2ccc(S(=O)(=O)NC(C)(C)C)c(C(C)(C)C)c2)n1CC1CCCCC1. The quantitative estimate of drug-likeness (QED) is 0.461. The zero-order valence-corrected chi connectivity index (χ0v) is 26.8. The van der Waals surface area contributed by atoms with Gasteiger partial charge in [-0.05, 0) is 81.2 Å². The first-order valence-corrected chi connectivity index (χ1v) is 17.4. The lowest BCUT2D eigenvalue weighted by Gasteiger charge is -2.27. The highest BCUT2D eigenvalue weighted by atomic mass is 32.2. The van der Waals surface area contributed by atoms with Gasteiger partial charge >= 0.3 is 0 Å². The first kappa shape index (κ1) is 31.2. The molecule has 0 amide bonds. The van der Waals surface area contributed by atoms with E-state index >= 15 is 0 Å². The van der Waals surface area contributed by atoms with Gasteiger partial charge in [-0.3, -0.25) is 0 Å². The van der Waals surface area contributed by atoms with E-state index in [0.717, 1.165) is 36.3 Å². The Hall–Kier alpha value is -1.72. The van der Waals surface area contributed by atoms with Crippen LogP contribution in [0, 0.1) is 12.8 Å². The lowest BCUT2D eigenvalue weighted by molar-refractivity contribution is 0.0730. The summed E-state index contributed by atoms with van der Waals surface area (Å²) < 4.78 is 66.4. The summed E-state index contributed by atoms with van der Waals surface area (Å²) in [5.74, 6) is 0.482. The molecule has 2 aliphatic rings. The molecule has 0 radical (unpaired) electrons. The van der Waals surface area contributed by atoms with Crippen molar-refractivity contribution in [2.24, 2.45) is 5.92 Å². The average molecular weight is 594 g/mol. The van der Waals surface area contributed by atoms with Crippen LogP contribution >= 0.6 is 0 Å². The summed E-state index contributed by atoms with van der Waals surface area (Å²) in [6, 6.07) is 7.23. The fraction of sp³-hybridized carbons (Fsp3) is 0.667. The highest BCUT2D eigenvalue weighted by Crippen LogP contribution is 2.38. The van der Waals surface area contributed by atoms with Crippen LogP contribution in [0.15, 0.2) is 34.1 Å². The predicted octanol–water partition coefficient (Wildman–Crippen LogP) is 5.44. The third kappa shape index (κ3) is 6.84. The van der Waals surface area contributed by atoms with Gasteiger partial charge < -0.3 is 9.30 Å². The maximum absolute atomic E-state index is 13.8. The molecule has 4 rings (SSSR count). The van der Waals surface area contributed by atoms with Crippen molar-refractivity contribution in [1.82, 2.24) is 13.6 Å². The molecule has 0 atom stereocenters. The number of benzene rings is 1. The van der Waals surface area contributed by atoms with Crippen molar-refractivity contribution in [2.75, 3.05) is 26.3 Å². The molecule has 10 heteroatoms. The minimum absolute atomic E-state index is 0.252. The number of sulfonamides is 2. The molecule has 0 bridgehead atoms. The largest absolute Gasteiger partial charge is 0.379 e. The summed E-state index contributed by atoms with van der Waals surface area (Å²) in [5, 5.41) is 0. The zero-order valence-electron chi connectivity index (χ0n) is 25.2. The van der Waals surface area contributed by atoms with Crippen LogP contribution in [0.1, 0.15) is 84.9 Å². The van der Waals surface area contributed by atoms with Crippen molar-refractivity contribution in [3.8, 4) is 11.3 Å². The molecule has 2 aromatic rings. The van der Waals surface area contributed by atoms with Gasteiger partial charge in [0, 0.05) is 36.6 Å². The Kier molecular flexibility index (Phi) is 8.99. The average Bonchev–Trinajstić information content (AvgIpc) is 3.19. The van der Waals surface area contributed by atoms with E-state index in [1.165, 1.54) is 23.6 Å². The summed E-state index contributed by atoms with van der Waals surface area (Å²) in [7, 11) is -7.48. The standard InChI is InChI=1S/C30H47N3O5S2/c1-22-28(40(36,37)32-15-17-38-18-16-32)20-26(33(22)21-23-11-9-8-10-12-23)24-13-14-27(25(19-24)29(2,3)4)39(34,35)31-30(5,6)7/h13-14,19-20,23,31H,8-12,15-18,21H2,1-7H3. The molecule has 2 fully saturated rings. The lowest BCUT2D eigenvalue weighted by Crippen LogP contribution is -2.41. The van der Waals surface area contributed by atoms with Gasteiger partial charge in [0.1, 0.15) is 4.90 Å².